The number of amides is 1. The maximum atomic E-state index is 12.6. The SMILES string of the molecule is CCc1ccc(NC(=O)[C@@H](C)OC(=O)c2ccccc2OCc2ccccc2)cc1. The number of hydrogen-bond donors (Lipinski definition) is 1. The molecule has 154 valence electrons. The molecule has 30 heavy (non-hydrogen) atoms. The van der Waals surface area contributed by atoms with Crippen molar-refractivity contribution in [3.8, 4) is 5.75 Å². The van der Waals surface area contributed by atoms with E-state index in [0.717, 1.165) is 12.0 Å². The average molecular weight is 403 g/mol. The molecule has 0 aliphatic heterocycles. The van der Waals surface area contributed by atoms with Crippen LogP contribution in [0.2, 0.25) is 0 Å². The summed E-state index contributed by atoms with van der Waals surface area (Å²) in [6.45, 7) is 3.94. The lowest BCUT2D eigenvalue weighted by Gasteiger charge is -2.15. The Morgan fingerprint density at radius 2 is 1.53 bits per heavy atom. The summed E-state index contributed by atoms with van der Waals surface area (Å²) in [5.74, 6) is -0.591. The lowest BCUT2D eigenvalue weighted by atomic mass is 10.1. The van der Waals surface area contributed by atoms with E-state index in [1.54, 1.807) is 31.2 Å². The zero-order valence-electron chi connectivity index (χ0n) is 17.1. The van der Waals surface area contributed by atoms with Crippen molar-refractivity contribution < 1.29 is 19.1 Å². The molecule has 0 fully saturated rings. The molecule has 3 aromatic rings. The summed E-state index contributed by atoms with van der Waals surface area (Å²) in [6, 6.07) is 24.1. The summed E-state index contributed by atoms with van der Waals surface area (Å²) in [4.78, 5) is 25.1. The molecule has 0 bridgehead atoms. The third-order valence-electron chi connectivity index (χ3n) is 4.63. The van der Waals surface area contributed by atoms with E-state index in [0.29, 0.717) is 18.0 Å². The highest BCUT2D eigenvalue weighted by Gasteiger charge is 2.21. The summed E-state index contributed by atoms with van der Waals surface area (Å²) in [6.07, 6.45) is -0.0286. The Hall–Kier alpha value is -3.60. The molecule has 0 saturated carbocycles. The van der Waals surface area contributed by atoms with Gasteiger partial charge in [0.1, 0.15) is 17.9 Å². The quantitative estimate of drug-likeness (QED) is 0.537. The summed E-state index contributed by atoms with van der Waals surface area (Å²) in [7, 11) is 0. The molecule has 0 saturated heterocycles. The molecule has 0 heterocycles. The number of aryl methyl sites for hydroxylation is 1. The number of ether oxygens (including phenoxy) is 2. The van der Waals surface area contributed by atoms with Crippen LogP contribution < -0.4 is 10.1 Å². The molecule has 3 aromatic carbocycles. The fraction of sp³-hybridized carbons (Fsp3) is 0.200. The van der Waals surface area contributed by atoms with E-state index >= 15 is 0 Å². The molecule has 1 atom stereocenters. The number of nitrogens with one attached hydrogen (secondary N) is 1. The van der Waals surface area contributed by atoms with Gasteiger partial charge >= 0.3 is 5.97 Å². The topological polar surface area (TPSA) is 64.6 Å². The van der Waals surface area contributed by atoms with Gasteiger partial charge in [-0.1, -0.05) is 61.5 Å². The minimum atomic E-state index is -0.953. The highest BCUT2D eigenvalue weighted by atomic mass is 16.5. The number of benzene rings is 3. The van der Waals surface area contributed by atoms with Gasteiger partial charge in [-0.2, -0.15) is 0 Å². The first-order valence-electron chi connectivity index (χ1n) is 9.93. The highest BCUT2D eigenvalue weighted by Crippen LogP contribution is 2.21. The minimum Gasteiger partial charge on any atom is -0.488 e. The summed E-state index contributed by atoms with van der Waals surface area (Å²) in [5.41, 5.74) is 3.11. The van der Waals surface area contributed by atoms with E-state index in [1.807, 2.05) is 54.6 Å². The molecule has 0 unspecified atom stereocenters. The molecule has 0 radical (unpaired) electrons. The molecule has 5 heteroatoms. The van der Waals surface area contributed by atoms with Crippen molar-refractivity contribution in [2.24, 2.45) is 0 Å². The zero-order chi connectivity index (χ0) is 21.3. The van der Waals surface area contributed by atoms with Gasteiger partial charge in [0.05, 0.1) is 0 Å². The second kappa shape index (κ2) is 10.3. The first-order valence-corrected chi connectivity index (χ1v) is 9.93. The number of rotatable bonds is 8. The number of hydrogen-bond acceptors (Lipinski definition) is 4. The number of esters is 1. The van der Waals surface area contributed by atoms with Crippen LogP contribution in [0.5, 0.6) is 5.75 Å². The summed E-state index contributed by atoms with van der Waals surface area (Å²) in [5, 5.41) is 2.76. The molecule has 0 aliphatic rings. The molecule has 0 spiro atoms. The van der Waals surface area contributed by atoms with E-state index in [9.17, 15) is 9.59 Å². The fourth-order valence-electron chi connectivity index (χ4n) is 2.84. The van der Waals surface area contributed by atoms with Crippen LogP contribution in [0.4, 0.5) is 5.69 Å². The standard InChI is InChI=1S/C25H25NO4/c1-3-19-13-15-21(16-14-19)26-24(27)18(2)30-25(28)22-11-7-8-12-23(22)29-17-20-9-5-4-6-10-20/h4-16,18H,3,17H2,1-2H3,(H,26,27)/t18-/m1/s1. The van der Waals surface area contributed by atoms with Crippen LogP contribution in [0.15, 0.2) is 78.9 Å². The van der Waals surface area contributed by atoms with Crippen LogP contribution in [0.25, 0.3) is 0 Å². The van der Waals surface area contributed by atoms with E-state index in [2.05, 4.69) is 12.2 Å². The Morgan fingerprint density at radius 3 is 2.23 bits per heavy atom. The van der Waals surface area contributed by atoms with Crippen LogP contribution in [-0.2, 0) is 22.6 Å². The largest absolute Gasteiger partial charge is 0.488 e. The number of carbonyl (C=O) groups excluding carboxylic acids is 2. The first kappa shape index (κ1) is 21.1. The predicted octanol–water partition coefficient (Wildman–Crippen LogP) is 5.01. The van der Waals surface area contributed by atoms with Crippen LogP contribution in [-0.4, -0.2) is 18.0 Å². The third-order valence-corrected chi connectivity index (χ3v) is 4.63. The maximum absolute atomic E-state index is 12.6. The molecule has 1 N–H and O–H groups in total. The second-order valence-electron chi connectivity index (χ2n) is 6.86. The van der Waals surface area contributed by atoms with E-state index in [4.69, 9.17) is 9.47 Å². The van der Waals surface area contributed by atoms with Crippen LogP contribution in [0.1, 0.15) is 35.3 Å². The average Bonchev–Trinajstić information content (AvgIpc) is 2.79. The zero-order valence-corrected chi connectivity index (χ0v) is 17.1. The van der Waals surface area contributed by atoms with Crippen molar-refractivity contribution in [1.29, 1.82) is 0 Å². The van der Waals surface area contributed by atoms with Gasteiger partial charge in [0.2, 0.25) is 0 Å². The minimum absolute atomic E-state index is 0.278. The van der Waals surface area contributed by atoms with Gasteiger partial charge < -0.3 is 14.8 Å². The Balaban J connectivity index is 1.61. The molecule has 5 nitrogen and oxygen atoms in total. The lowest BCUT2D eigenvalue weighted by molar-refractivity contribution is -0.123. The number of para-hydroxylation sites is 1. The smallest absolute Gasteiger partial charge is 0.342 e. The van der Waals surface area contributed by atoms with Gasteiger partial charge in [0.15, 0.2) is 6.10 Å². The number of carbonyl (C=O) groups is 2. The summed E-state index contributed by atoms with van der Waals surface area (Å²) < 4.78 is 11.2. The lowest BCUT2D eigenvalue weighted by Crippen LogP contribution is -2.30. The predicted molar refractivity (Wildman–Crippen MR) is 117 cm³/mol. The van der Waals surface area contributed by atoms with Gasteiger partial charge in [-0.25, -0.2) is 4.79 Å². The van der Waals surface area contributed by atoms with Gasteiger partial charge in [-0.05, 0) is 48.7 Å². The molecular formula is C25H25NO4. The van der Waals surface area contributed by atoms with Gasteiger partial charge in [0.25, 0.3) is 5.91 Å². The van der Waals surface area contributed by atoms with Gasteiger partial charge in [-0.3, -0.25) is 4.79 Å². The van der Waals surface area contributed by atoms with Crippen molar-refractivity contribution in [1.82, 2.24) is 0 Å². The van der Waals surface area contributed by atoms with Gasteiger partial charge in [-0.15, -0.1) is 0 Å². The maximum Gasteiger partial charge on any atom is 0.342 e. The van der Waals surface area contributed by atoms with E-state index < -0.39 is 18.0 Å². The van der Waals surface area contributed by atoms with Crippen LogP contribution >= 0.6 is 0 Å². The number of anilines is 1. The molecule has 3 rings (SSSR count). The highest BCUT2D eigenvalue weighted by molar-refractivity contribution is 5.98. The van der Waals surface area contributed by atoms with Gasteiger partial charge in [0, 0.05) is 5.69 Å². The molecular weight excluding hydrogens is 378 g/mol. The van der Waals surface area contributed by atoms with Crippen molar-refractivity contribution >= 4 is 17.6 Å². The van der Waals surface area contributed by atoms with E-state index in [1.165, 1.54) is 5.56 Å². The van der Waals surface area contributed by atoms with Crippen LogP contribution in [0.3, 0.4) is 0 Å². The second-order valence-corrected chi connectivity index (χ2v) is 6.86. The third kappa shape index (κ3) is 5.70. The van der Waals surface area contributed by atoms with Crippen molar-refractivity contribution in [2.45, 2.75) is 33.0 Å². The first-order chi connectivity index (χ1) is 14.6. The Kier molecular flexibility index (Phi) is 7.22. The summed E-state index contributed by atoms with van der Waals surface area (Å²) >= 11 is 0. The van der Waals surface area contributed by atoms with Crippen molar-refractivity contribution in [2.75, 3.05) is 5.32 Å². The monoisotopic (exact) mass is 403 g/mol. The normalized spacial score (nSPS) is 11.4. The molecule has 1 amide bonds. The Labute approximate surface area is 176 Å². The Bertz CT molecular complexity index is 984. The molecule has 0 aromatic heterocycles. The van der Waals surface area contributed by atoms with Crippen molar-refractivity contribution in [3.63, 3.8) is 0 Å². The molecule has 0 aliphatic carbocycles. The van der Waals surface area contributed by atoms with Crippen molar-refractivity contribution in [3.05, 3.63) is 95.6 Å². The van der Waals surface area contributed by atoms with E-state index in [-0.39, 0.29) is 5.56 Å². The van der Waals surface area contributed by atoms with Crippen LogP contribution in [0, 0.1) is 0 Å². The Morgan fingerprint density at radius 1 is 0.867 bits per heavy atom. The fourth-order valence-corrected chi connectivity index (χ4v) is 2.84.